The highest BCUT2D eigenvalue weighted by Gasteiger charge is 2.62. The molecule has 4 aliphatic heterocycles. The summed E-state index contributed by atoms with van der Waals surface area (Å²) in [6.45, 7) is 7.61. The number of methoxy groups -OCH3 is 2. The summed E-state index contributed by atoms with van der Waals surface area (Å²) in [5.41, 5.74) is 7.83. The smallest absolute Gasteiger partial charge is 0.319 e. The van der Waals surface area contributed by atoms with Gasteiger partial charge in [-0.3, -0.25) is 14.5 Å². The maximum absolute atomic E-state index is 14.1. The Morgan fingerprint density at radius 3 is 2.50 bits per heavy atom. The van der Waals surface area contributed by atoms with Crippen LogP contribution in [0.4, 0.5) is 0 Å². The summed E-state index contributed by atoms with van der Waals surface area (Å²) in [6.07, 6.45) is 6.77. The van der Waals surface area contributed by atoms with Crippen LogP contribution in [0.15, 0.2) is 42.5 Å². The number of aromatic amines is 2. The van der Waals surface area contributed by atoms with E-state index >= 15 is 0 Å². The monoisotopic (exact) mass is 676 g/mol. The fourth-order valence-corrected chi connectivity index (χ4v) is 12.2. The number of carbonyl (C=O) groups excluding carboxylic acids is 2. The molecule has 10 atom stereocenters. The number of hydrogen-bond donors (Lipinski definition) is 2. The zero-order valence-electron chi connectivity index (χ0n) is 30.3. The Bertz CT molecular complexity index is 1980. The van der Waals surface area contributed by atoms with Crippen LogP contribution >= 0.6 is 0 Å². The van der Waals surface area contributed by atoms with Gasteiger partial charge in [-0.2, -0.15) is 0 Å². The number of likely N-dealkylation sites (N-methyl/N-ethyl adjacent to an activating group) is 1. The fraction of sp³-hybridized carbons (Fsp3) is 0.571. The van der Waals surface area contributed by atoms with E-state index in [2.05, 4.69) is 83.1 Å². The van der Waals surface area contributed by atoms with Crippen LogP contribution in [0.3, 0.4) is 0 Å². The molecule has 10 rings (SSSR count). The number of ether oxygens (including phenoxy) is 2. The van der Waals surface area contributed by atoms with Crippen LogP contribution in [0.25, 0.3) is 21.8 Å². The van der Waals surface area contributed by atoms with E-state index < -0.39 is 5.41 Å². The van der Waals surface area contributed by atoms with Gasteiger partial charge in [0.2, 0.25) is 0 Å². The third-order valence-corrected chi connectivity index (χ3v) is 14.3. The van der Waals surface area contributed by atoms with E-state index in [1.165, 1.54) is 39.6 Å². The van der Waals surface area contributed by atoms with Crippen molar-refractivity contribution in [1.82, 2.24) is 19.8 Å². The molecule has 2 aromatic heterocycles. The van der Waals surface area contributed by atoms with Gasteiger partial charge in [0, 0.05) is 70.8 Å². The van der Waals surface area contributed by atoms with Gasteiger partial charge in [-0.05, 0) is 91.6 Å². The van der Waals surface area contributed by atoms with Crippen LogP contribution in [0.5, 0.6) is 0 Å². The second-order valence-electron chi connectivity index (χ2n) is 16.4. The molecule has 2 aromatic carbocycles. The average molecular weight is 677 g/mol. The number of rotatable bonds is 5. The number of benzene rings is 2. The van der Waals surface area contributed by atoms with Gasteiger partial charge < -0.3 is 24.3 Å². The lowest BCUT2D eigenvalue weighted by molar-refractivity contribution is -0.162. The molecule has 8 nitrogen and oxygen atoms in total. The van der Waals surface area contributed by atoms with Crippen LogP contribution in [-0.4, -0.2) is 84.7 Å². The highest BCUT2D eigenvalue weighted by atomic mass is 16.5. The van der Waals surface area contributed by atoms with Crippen molar-refractivity contribution in [3.8, 4) is 0 Å². The van der Waals surface area contributed by atoms with Gasteiger partial charge >= 0.3 is 11.9 Å². The number of aromatic nitrogens is 2. The van der Waals surface area contributed by atoms with E-state index in [-0.39, 0.29) is 41.8 Å². The quantitative estimate of drug-likeness (QED) is 0.233. The number of carbonyl (C=O) groups is 2. The van der Waals surface area contributed by atoms with Gasteiger partial charge in [-0.1, -0.05) is 57.0 Å². The minimum Gasteiger partial charge on any atom is -0.469 e. The first-order chi connectivity index (χ1) is 24.3. The Balaban J connectivity index is 1.22. The summed E-state index contributed by atoms with van der Waals surface area (Å²) in [4.78, 5) is 40.7. The predicted molar refractivity (Wildman–Crippen MR) is 195 cm³/mol. The standard InChI is InChI=1S/C42H52N4O4/c1-6-24-16-23-20-42(41(48)50-5)38-29(14-15-46(21-23)39(24)42)28-13-12-26(17-34(28)44-38)31-18-30-25(7-2)22-45(3)35(36(30)40(47)49-4)19-32-27-10-8-9-11-33(27)43-37(31)32/h8-13,17,23-25,30-31,35-36,39,43-44H,6-7,14-16,18-22H2,1-5H3/t23-,24-,25+,30+,31+,35-,36?,39-,42+/m0/s1. The molecule has 0 radical (unpaired) electrons. The van der Waals surface area contributed by atoms with Crippen LogP contribution in [0.2, 0.25) is 0 Å². The van der Waals surface area contributed by atoms with Gasteiger partial charge in [0.05, 0.1) is 20.1 Å². The third-order valence-electron chi connectivity index (χ3n) is 14.3. The normalized spacial score (nSPS) is 34.8. The molecule has 3 saturated heterocycles. The molecule has 0 amide bonds. The molecule has 6 bridgehead atoms. The molecule has 2 aliphatic carbocycles. The van der Waals surface area contributed by atoms with Crippen LogP contribution in [-0.2, 0) is 37.3 Å². The molecule has 2 N–H and O–H groups in total. The lowest BCUT2D eigenvalue weighted by Crippen LogP contribution is -2.67. The van der Waals surface area contributed by atoms with E-state index in [4.69, 9.17) is 9.47 Å². The van der Waals surface area contributed by atoms with Crippen molar-refractivity contribution in [3.05, 3.63) is 70.5 Å². The Hall–Kier alpha value is -3.62. The topological polar surface area (TPSA) is 90.7 Å². The molecule has 6 aliphatic rings. The van der Waals surface area contributed by atoms with E-state index in [0.29, 0.717) is 17.8 Å². The molecule has 4 fully saturated rings. The summed E-state index contributed by atoms with van der Waals surface area (Å²) in [7, 11) is 5.31. The maximum Gasteiger partial charge on any atom is 0.319 e. The van der Waals surface area contributed by atoms with E-state index in [9.17, 15) is 9.59 Å². The SMILES string of the molecule is CC[C@H]1C[C@@H]2CN3CCc4c([nH]c5cc([C@H]6C[C@H]7C(C(=O)OC)[C@H](Cc8c6[nH]c6ccccc86)N(C)C[C@H]7CC)ccc45)[C@](C(=O)OC)(C2)[C@H]13. The first kappa shape index (κ1) is 32.3. The molecule has 50 heavy (non-hydrogen) atoms. The second-order valence-corrected chi connectivity index (χ2v) is 16.4. The van der Waals surface area contributed by atoms with Gasteiger partial charge in [-0.15, -0.1) is 0 Å². The van der Waals surface area contributed by atoms with Crippen LogP contribution in [0.1, 0.15) is 79.9 Å². The number of nitrogens with zero attached hydrogens (tertiary/aromatic N) is 2. The largest absolute Gasteiger partial charge is 0.469 e. The Morgan fingerprint density at radius 2 is 1.72 bits per heavy atom. The molecule has 2 unspecified atom stereocenters. The van der Waals surface area contributed by atoms with E-state index in [1.807, 2.05) is 0 Å². The van der Waals surface area contributed by atoms with Crippen molar-refractivity contribution in [1.29, 1.82) is 0 Å². The highest BCUT2D eigenvalue weighted by molar-refractivity contribution is 5.92. The molecule has 6 heterocycles. The lowest BCUT2D eigenvalue weighted by atomic mass is 9.56. The number of nitrogens with one attached hydrogen (secondary N) is 2. The van der Waals surface area contributed by atoms with Crippen molar-refractivity contribution in [3.63, 3.8) is 0 Å². The second kappa shape index (κ2) is 12.0. The van der Waals surface area contributed by atoms with Gasteiger partial charge in [0.15, 0.2) is 0 Å². The number of fused-ring (bicyclic) bond motifs is 9. The van der Waals surface area contributed by atoms with E-state index in [0.717, 1.165) is 74.9 Å². The van der Waals surface area contributed by atoms with Crippen molar-refractivity contribution >= 4 is 33.7 Å². The molecule has 8 heteroatoms. The number of H-pyrrole nitrogens is 2. The Morgan fingerprint density at radius 1 is 0.920 bits per heavy atom. The van der Waals surface area contributed by atoms with Crippen molar-refractivity contribution < 1.29 is 19.1 Å². The third kappa shape index (κ3) is 4.49. The lowest BCUT2D eigenvalue weighted by Gasteiger charge is -2.57. The summed E-state index contributed by atoms with van der Waals surface area (Å²) in [6, 6.07) is 15.9. The summed E-state index contributed by atoms with van der Waals surface area (Å²) in [5.74, 6) is 1.32. The summed E-state index contributed by atoms with van der Waals surface area (Å²) < 4.78 is 11.3. The highest BCUT2D eigenvalue weighted by Crippen LogP contribution is 2.56. The molecule has 1 saturated carbocycles. The van der Waals surface area contributed by atoms with Gasteiger partial charge in [0.25, 0.3) is 0 Å². The number of piperidine rings is 3. The van der Waals surface area contributed by atoms with E-state index in [1.54, 1.807) is 14.2 Å². The molecular formula is C42H52N4O4. The van der Waals surface area contributed by atoms with Crippen LogP contribution < -0.4 is 0 Å². The average Bonchev–Trinajstić information content (AvgIpc) is 3.67. The number of hydrogen-bond acceptors (Lipinski definition) is 6. The number of para-hydroxylation sites is 1. The van der Waals surface area contributed by atoms with Crippen molar-refractivity contribution in [2.24, 2.45) is 29.6 Å². The minimum absolute atomic E-state index is 0.0788. The Kier molecular flexibility index (Phi) is 7.74. The molecule has 4 aromatic rings. The fourth-order valence-electron chi connectivity index (χ4n) is 12.2. The minimum atomic E-state index is -0.669. The van der Waals surface area contributed by atoms with Crippen LogP contribution in [0, 0.1) is 29.6 Å². The Labute approximate surface area is 295 Å². The number of esters is 2. The maximum atomic E-state index is 14.1. The van der Waals surface area contributed by atoms with Gasteiger partial charge in [0.1, 0.15) is 5.41 Å². The van der Waals surface area contributed by atoms with Crippen molar-refractivity contribution in [2.75, 3.05) is 40.9 Å². The molecule has 264 valence electrons. The summed E-state index contributed by atoms with van der Waals surface area (Å²) in [5, 5.41) is 2.47. The molecule has 0 spiro atoms. The zero-order valence-corrected chi connectivity index (χ0v) is 30.3. The van der Waals surface area contributed by atoms with Crippen molar-refractivity contribution in [2.45, 2.75) is 82.2 Å². The van der Waals surface area contributed by atoms with Gasteiger partial charge in [-0.25, -0.2) is 0 Å². The first-order valence-electron chi connectivity index (χ1n) is 19.2. The molecular weight excluding hydrogens is 624 g/mol. The zero-order chi connectivity index (χ0) is 34.5. The first-order valence-corrected chi connectivity index (χ1v) is 19.2. The summed E-state index contributed by atoms with van der Waals surface area (Å²) >= 11 is 0. The predicted octanol–water partition coefficient (Wildman–Crippen LogP) is 6.56. The number of likely N-dealkylation sites (tertiary alicyclic amines) is 1.